The maximum Gasteiger partial charge on any atom is 0.248 e. The highest BCUT2D eigenvalue weighted by molar-refractivity contribution is 6.31. The number of benzene rings is 2. The summed E-state index contributed by atoms with van der Waals surface area (Å²) in [5, 5.41) is 6.86. The van der Waals surface area contributed by atoms with E-state index in [1.54, 1.807) is 12.1 Å². The molecule has 3 aromatic rings. The average molecular weight is 538 g/mol. The second-order valence-electron chi connectivity index (χ2n) is 10.3. The molecular weight excluding hydrogens is 505 g/mol. The Bertz CT molecular complexity index is 1340. The number of ether oxygens (including phenoxy) is 1. The quantitative estimate of drug-likeness (QED) is 0.295. The van der Waals surface area contributed by atoms with Crippen molar-refractivity contribution in [3.05, 3.63) is 59.7 Å². The first kappa shape index (κ1) is 26.4. The smallest absolute Gasteiger partial charge is 0.248 e. The van der Waals surface area contributed by atoms with Crippen LogP contribution in [0.15, 0.2) is 48.8 Å². The number of fused-ring (bicyclic) bond motifs is 1. The number of carbonyl (C=O) groups is 1. The molecule has 0 unspecified atom stereocenters. The summed E-state index contributed by atoms with van der Waals surface area (Å²) in [4.78, 5) is 24.1. The van der Waals surface area contributed by atoms with Gasteiger partial charge in [-0.1, -0.05) is 24.1 Å². The van der Waals surface area contributed by atoms with Gasteiger partial charge in [0, 0.05) is 41.8 Å². The van der Waals surface area contributed by atoms with Crippen LogP contribution in [0.1, 0.15) is 46.0 Å². The molecule has 1 aliphatic heterocycles. The van der Waals surface area contributed by atoms with Crippen LogP contribution in [0.25, 0.3) is 10.9 Å². The van der Waals surface area contributed by atoms with Crippen LogP contribution in [0.3, 0.4) is 0 Å². The molecule has 200 valence electrons. The predicted octanol–water partition coefficient (Wildman–Crippen LogP) is 6.71. The Morgan fingerprint density at radius 2 is 1.95 bits per heavy atom. The fraction of sp³-hybridized carbons (Fsp3) is 0.414. The van der Waals surface area contributed by atoms with Crippen LogP contribution in [0, 0.1) is 11.7 Å². The standard InChI is InChI=1S/C29H33ClFN5O2/c1-18-5-3-6-19(2)36(18)12-4-7-28(37)35-26-14-22-25(15-27(26)38-16-20-8-9-20)32-17-33-29(22)34-21-10-11-24(31)23(30)13-21/h4,7,10-11,13-15,17-20H,3,5-6,8-9,12,16H2,1-2H3,(H,35,37)(H,32,33,34)/b7-4+/t18-,19+. The lowest BCUT2D eigenvalue weighted by atomic mass is 9.98. The topological polar surface area (TPSA) is 79.4 Å². The van der Waals surface area contributed by atoms with E-state index in [1.165, 1.54) is 37.7 Å². The monoisotopic (exact) mass is 537 g/mol. The number of halogens is 2. The lowest BCUT2D eigenvalue weighted by Crippen LogP contribution is -2.43. The Labute approximate surface area is 227 Å². The number of carbonyl (C=O) groups excluding carboxylic acids is 1. The summed E-state index contributed by atoms with van der Waals surface area (Å²) in [5.41, 5.74) is 1.78. The Morgan fingerprint density at radius 1 is 1.16 bits per heavy atom. The zero-order chi connectivity index (χ0) is 26.6. The van der Waals surface area contributed by atoms with E-state index < -0.39 is 5.82 Å². The Morgan fingerprint density at radius 3 is 2.68 bits per heavy atom. The highest BCUT2D eigenvalue weighted by atomic mass is 35.5. The van der Waals surface area contributed by atoms with Crippen molar-refractivity contribution < 1.29 is 13.9 Å². The number of aromatic nitrogens is 2. The summed E-state index contributed by atoms with van der Waals surface area (Å²) in [6.07, 6.45) is 10.9. The van der Waals surface area contributed by atoms with E-state index in [0.29, 0.717) is 58.5 Å². The van der Waals surface area contributed by atoms with Gasteiger partial charge in [-0.2, -0.15) is 0 Å². The number of hydrogen-bond acceptors (Lipinski definition) is 6. The molecule has 2 N–H and O–H groups in total. The Hall–Kier alpha value is -3.23. The van der Waals surface area contributed by atoms with Gasteiger partial charge < -0.3 is 15.4 Å². The van der Waals surface area contributed by atoms with Gasteiger partial charge in [0.25, 0.3) is 0 Å². The minimum atomic E-state index is -0.496. The molecule has 0 bridgehead atoms. The number of nitrogens with one attached hydrogen (secondary N) is 2. The lowest BCUT2D eigenvalue weighted by molar-refractivity contribution is -0.111. The third-order valence-electron chi connectivity index (χ3n) is 7.31. The van der Waals surface area contributed by atoms with Crippen molar-refractivity contribution in [1.29, 1.82) is 0 Å². The molecule has 2 atom stereocenters. The van der Waals surface area contributed by atoms with Crippen LogP contribution < -0.4 is 15.4 Å². The summed E-state index contributed by atoms with van der Waals surface area (Å²) < 4.78 is 19.7. The van der Waals surface area contributed by atoms with Gasteiger partial charge in [0.2, 0.25) is 5.91 Å². The zero-order valence-electron chi connectivity index (χ0n) is 21.7. The van der Waals surface area contributed by atoms with Gasteiger partial charge in [0.05, 0.1) is 22.8 Å². The van der Waals surface area contributed by atoms with Crippen molar-refractivity contribution in [3.63, 3.8) is 0 Å². The van der Waals surface area contributed by atoms with Gasteiger partial charge in [-0.05, 0) is 69.7 Å². The fourth-order valence-electron chi connectivity index (χ4n) is 4.89. The molecule has 1 saturated heterocycles. The molecule has 1 aromatic heterocycles. The van der Waals surface area contributed by atoms with E-state index in [0.717, 1.165) is 19.4 Å². The van der Waals surface area contributed by atoms with Crippen LogP contribution in [0.5, 0.6) is 5.75 Å². The van der Waals surface area contributed by atoms with Crippen LogP contribution in [0.2, 0.25) is 5.02 Å². The molecule has 0 radical (unpaired) electrons. The van der Waals surface area contributed by atoms with Crippen LogP contribution in [-0.4, -0.2) is 46.0 Å². The Kier molecular flexibility index (Phi) is 8.09. The second-order valence-corrected chi connectivity index (χ2v) is 10.7. The molecule has 2 fully saturated rings. The van der Waals surface area contributed by atoms with E-state index in [-0.39, 0.29) is 10.9 Å². The number of piperidine rings is 1. The van der Waals surface area contributed by atoms with Crippen molar-refractivity contribution in [2.45, 2.75) is 58.0 Å². The molecule has 7 nitrogen and oxygen atoms in total. The molecule has 5 rings (SSSR count). The van der Waals surface area contributed by atoms with E-state index in [4.69, 9.17) is 16.3 Å². The van der Waals surface area contributed by atoms with Crippen LogP contribution in [-0.2, 0) is 4.79 Å². The third-order valence-corrected chi connectivity index (χ3v) is 7.60. The maximum absolute atomic E-state index is 13.6. The number of amides is 1. The number of rotatable bonds is 9. The average Bonchev–Trinajstić information content (AvgIpc) is 3.72. The van der Waals surface area contributed by atoms with Gasteiger partial charge >= 0.3 is 0 Å². The predicted molar refractivity (Wildman–Crippen MR) is 150 cm³/mol. The number of anilines is 3. The van der Waals surface area contributed by atoms with Gasteiger partial charge in [0.1, 0.15) is 23.7 Å². The zero-order valence-corrected chi connectivity index (χ0v) is 22.5. The summed E-state index contributed by atoms with van der Waals surface area (Å²) in [6, 6.07) is 9.02. The van der Waals surface area contributed by atoms with Crippen LogP contribution >= 0.6 is 11.6 Å². The first-order valence-electron chi connectivity index (χ1n) is 13.2. The first-order valence-corrected chi connectivity index (χ1v) is 13.6. The molecular formula is C29H33ClFN5O2. The second kappa shape index (κ2) is 11.7. The molecule has 9 heteroatoms. The van der Waals surface area contributed by atoms with Crippen molar-refractivity contribution in [3.8, 4) is 5.75 Å². The molecule has 1 amide bonds. The molecule has 2 aliphatic rings. The van der Waals surface area contributed by atoms with Crippen molar-refractivity contribution in [2.24, 2.45) is 5.92 Å². The van der Waals surface area contributed by atoms with Crippen molar-refractivity contribution >= 4 is 45.6 Å². The molecule has 0 spiro atoms. The third kappa shape index (κ3) is 6.42. The van der Waals surface area contributed by atoms with Gasteiger partial charge in [-0.15, -0.1) is 0 Å². The molecule has 1 aliphatic carbocycles. The molecule has 38 heavy (non-hydrogen) atoms. The highest BCUT2D eigenvalue weighted by Gasteiger charge is 2.24. The molecule has 1 saturated carbocycles. The maximum atomic E-state index is 13.6. The van der Waals surface area contributed by atoms with E-state index in [2.05, 4.69) is 39.3 Å². The minimum Gasteiger partial charge on any atom is -0.491 e. The normalized spacial score (nSPS) is 20.1. The van der Waals surface area contributed by atoms with Crippen molar-refractivity contribution in [2.75, 3.05) is 23.8 Å². The van der Waals surface area contributed by atoms with Gasteiger partial charge in [-0.3, -0.25) is 9.69 Å². The molecule has 2 aromatic carbocycles. The van der Waals surface area contributed by atoms with Crippen molar-refractivity contribution in [1.82, 2.24) is 14.9 Å². The van der Waals surface area contributed by atoms with E-state index >= 15 is 0 Å². The summed E-state index contributed by atoms with van der Waals surface area (Å²) in [6.45, 7) is 5.82. The summed E-state index contributed by atoms with van der Waals surface area (Å²) in [5.74, 6) is 0.900. The minimum absolute atomic E-state index is 0.0113. The largest absolute Gasteiger partial charge is 0.491 e. The number of hydrogen-bond donors (Lipinski definition) is 2. The highest BCUT2D eigenvalue weighted by Crippen LogP contribution is 2.36. The Balaban J connectivity index is 1.38. The van der Waals surface area contributed by atoms with Gasteiger partial charge in [-0.25, -0.2) is 14.4 Å². The lowest BCUT2D eigenvalue weighted by Gasteiger charge is -2.38. The first-order chi connectivity index (χ1) is 18.4. The van der Waals surface area contributed by atoms with Crippen LogP contribution in [0.4, 0.5) is 21.6 Å². The number of nitrogens with zero attached hydrogens (tertiary/aromatic N) is 3. The fourth-order valence-corrected chi connectivity index (χ4v) is 5.07. The summed E-state index contributed by atoms with van der Waals surface area (Å²) in [7, 11) is 0. The summed E-state index contributed by atoms with van der Waals surface area (Å²) >= 11 is 5.95. The van der Waals surface area contributed by atoms with Gasteiger partial charge in [0.15, 0.2) is 0 Å². The number of likely N-dealkylation sites (tertiary alicyclic amines) is 1. The SMILES string of the molecule is C[C@@H]1CCC[C@H](C)N1C/C=C/C(=O)Nc1cc2c(Nc3ccc(F)c(Cl)c3)ncnc2cc1OCC1CC1. The van der Waals surface area contributed by atoms with E-state index in [1.807, 2.05) is 18.2 Å². The van der Waals surface area contributed by atoms with E-state index in [9.17, 15) is 9.18 Å². The molecule has 2 heterocycles.